The van der Waals surface area contributed by atoms with Crippen molar-refractivity contribution in [3.05, 3.63) is 108 Å². The lowest BCUT2D eigenvalue weighted by molar-refractivity contribution is 0.602. The van der Waals surface area contributed by atoms with E-state index in [1.165, 1.54) is 27.4 Å². The number of allylic oxidation sites excluding steroid dienone is 5. The van der Waals surface area contributed by atoms with Gasteiger partial charge in [0.25, 0.3) is 0 Å². The standard InChI is InChI=1S/C31H24N2O/c1-3-9-30-22(4-2)26-16-14-20(18-31(26)34-30)23-17-15-21(32)19-29(23)33-27-12-7-5-10-24(27)25-11-6-8-13-28(25)33/h2-3,5-18,29H,19,32H2,1H3/b9-3-. The van der Waals surface area contributed by atoms with Crippen LogP contribution in [-0.2, 0) is 0 Å². The number of benzene rings is 3. The highest BCUT2D eigenvalue weighted by Crippen LogP contribution is 2.42. The quantitative estimate of drug-likeness (QED) is 0.297. The lowest BCUT2D eigenvalue weighted by atomic mass is 9.90. The molecule has 0 fully saturated rings. The van der Waals surface area contributed by atoms with Crippen LogP contribution in [0.3, 0.4) is 0 Å². The van der Waals surface area contributed by atoms with E-state index in [1.807, 2.05) is 25.2 Å². The normalized spacial score (nSPS) is 16.3. The summed E-state index contributed by atoms with van der Waals surface area (Å²) in [5, 5.41) is 3.46. The molecule has 1 atom stereocenters. The van der Waals surface area contributed by atoms with Gasteiger partial charge in [0.2, 0.25) is 0 Å². The summed E-state index contributed by atoms with van der Waals surface area (Å²) in [7, 11) is 0. The summed E-state index contributed by atoms with van der Waals surface area (Å²) in [6, 6.07) is 23.5. The zero-order chi connectivity index (χ0) is 23.2. The SMILES string of the molecule is C#Cc1c(/C=C\C)oc2cc(C3=CC=C(N)CC3n3c4ccccc4c4ccccc43)ccc12. The second-order valence-corrected chi connectivity index (χ2v) is 8.68. The maximum atomic E-state index is 6.38. The van der Waals surface area contributed by atoms with E-state index in [0.29, 0.717) is 0 Å². The summed E-state index contributed by atoms with van der Waals surface area (Å²) < 4.78 is 8.58. The van der Waals surface area contributed by atoms with Crippen molar-refractivity contribution >= 4 is 44.4 Å². The van der Waals surface area contributed by atoms with Crippen LogP contribution in [0.15, 0.2) is 95.1 Å². The second kappa shape index (κ2) is 7.86. The summed E-state index contributed by atoms with van der Waals surface area (Å²) in [5.41, 5.74) is 13.6. The molecule has 0 amide bonds. The lowest BCUT2D eigenvalue weighted by Gasteiger charge is -2.27. The van der Waals surface area contributed by atoms with Crippen LogP contribution in [0.1, 0.15) is 36.3 Å². The molecule has 0 bridgehead atoms. The van der Waals surface area contributed by atoms with Crippen LogP contribution in [0.4, 0.5) is 0 Å². The van der Waals surface area contributed by atoms with Crippen LogP contribution in [0.25, 0.3) is 44.4 Å². The molecule has 0 spiro atoms. The molecule has 1 aliphatic carbocycles. The van der Waals surface area contributed by atoms with E-state index in [-0.39, 0.29) is 6.04 Å². The number of hydrogen-bond acceptors (Lipinski definition) is 2. The molecule has 0 aliphatic heterocycles. The molecule has 0 saturated carbocycles. The van der Waals surface area contributed by atoms with E-state index in [2.05, 4.69) is 83.3 Å². The van der Waals surface area contributed by atoms with Crippen LogP contribution in [0.2, 0.25) is 0 Å². The van der Waals surface area contributed by atoms with E-state index < -0.39 is 0 Å². The van der Waals surface area contributed by atoms with Gasteiger partial charge in [-0.05, 0) is 54.5 Å². The van der Waals surface area contributed by atoms with Gasteiger partial charge in [-0.2, -0.15) is 0 Å². The summed E-state index contributed by atoms with van der Waals surface area (Å²) in [6.07, 6.45) is 14.6. The average Bonchev–Trinajstić information content (AvgIpc) is 3.38. The van der Waals surface area contributed by atoms with Gasteiger partial charge in [0.1, 0.15) is 11.3 Å². The van der Waals surface area contributed by atoms with Crippen molar-refractivity contribution in [1.29, 1.82) is 0 Å². The van der Waals surface area contributed by atoms with Gasteiger partial charge in [-0.15, -0.1) is 6.42 Å². The molecule has 164 valence electrons. The van der Waals surface area contributed by atoms with E-state index >= 15 is 0 Å². The minimum Gasteiger partial charge on any atom is -0.455 e. The van der Waals surface area contributed by atoms with E-state index in [4.69, 9.17) is 16.6 Å². The first-order chi connectivity index (χ1) is 16.7. The van der Waals surface area contributed by atoms with Gasteiger partial charge in [-0.3, -0.25) is 0 Å². The molecule has 2 N–H and O–H groups in total. The first kappa shape index (κ1) is 20.2. The molecule has 0 radical (unpaired) electrons. The molecule has 5 aromatic rings. The Bertz CT molecular complexity index is 1660. The van der Waals surface area contributed by atoms with Crippen molar-refractivity contribution in [3.8, 4) is 12.3 Å². The van der Waals surface area contributed by atoms with Gasteiger partial charge in [-0.1, -0.05) is 60.5 Å². The van der Waals surface area contributed by atoms with Crippen molar-refractivity contribution in [2.24, 2.45) is 5.73 Å². The second-order valence-electron chi connectivity index (χ2n) is 8.68. The molecule has 2 aromatic heterocycles. The first-order valence-corrected chi connectivity index (χ1v) is 11.5. The topological polar surface area (TPSA) is 44.1 Å². The van der Waals surface area contributed by atoms with Crippen LogP contribution in [0, 0.1) is 12.3 Å². The number of aromatic nitrogens is 1. The summed E-state index contributed by atoms with van der Waals surface area (Å²) >= 11 is 0. The number of furan rings is 1. The highest BCUT2D eigenvalue weighted by molar-refractivity contribution is 6.08. The number of fused-ring (bicyclic) bond motifs is 4. The van der Waals surface area contributed by atoms with Gasteiger partial charge < -0.3 is 14.7 Å². The van der Waals surface area contributed by atoms with Gasteiger partial charge in [0.05, 0.1) is 11.6 Å². The van der Waals surface area contributed by atoms with Crippen molar-refractivity contribution in [3.63, 3.8) is 0 Å². The first-order valence-electron chi connectivity index (χ1n) is 11.5. The Morgan fingerprint density at radius 1 is 0.971 bits per heavy atom. The molecule has 1 aliphatic rings. The molecule has 3 heteroatoms. The van der Waals surface area contributed by atoms with Crippen molar-refractivity contribution in [1.82, 2.24) is 4.57 Å². The fourth-order valence-corrected chi connectivity index (χ4v) is 5.23. The number of hydrogen-bond donors (Lipinski definition) is 1. The van der Waals surface area contributed by atoms with Crippen LogP contribution in [-0.4, -0.2) is 4.57 Å². The molecule has 1 unspecified atom stereocenters. The minimum atomic E-state index is 0.0596. The highest BCUT2D eigenvalue weighted by atomic mass is 16.3. The predicted octanol–water partition coefficient (Wildman–Crippen LogP) is 7.43. The van der Waals surface area contributed by atoms with E-state index in [0.717, 1.165) is 40.0 Å². The number of nitrogens with zero attached hydrogens (tertiary/aromatic N) is 1. The van der Waals surface area contributed by atoms with Crippen molar-refractivity contribution in [2.75, 3.05) is 0 Å². The van der Waals surface area contributed by atoms with Crippen LogP contribution in [0.5, 0.6) is 0 Å². The van der Waals surface area contributed by atoms with Crippen LogP contribution >= 0.6 is 0 Å². The zero-order valence-corrected chi connectivity index (χ0v) is 19.0. The Hall–Kier alpha value is -4.42. The number of rotatable bonds is 3. The Balaban J connectivity index is 1.57. The van der Waals surface area contributed by atoms with E-state index in [1.54, 1.807) is 0 Å². The molecular formula is C31H24N2O. The third-order valence-corrected chi connectivity index (χ3v) is 6.71. The molecule has 34 heavy (non-hydrogen) atoms. The minimum absolute atomic E-state index is 0.0596. The zero-order valence-electron chi connectivity index (χ0n) is 19.0. The highest BCUT2D eigenvalue weighted by Gasteiger charge is 2.26. The van der Waals surface area contributed by atoms with Gasteiger partial charge in [0.15, 0.2) is 0 Å². The monoisotopic (exact) mass is 440 g/mol. The fourth-order valence-electron chi connectivity index (χ4n) is 5.23. The Morgan fingerprint density at radius 3 is 2.35 bits per heavy atom. The Morgan fingerprint density at radius 2 is 1.68 bits per heavy atom. The molecule has 3 nitrogen and oxygen atoms in total. The van der Waals surface area contributed by atoms with Crippen LogP contribution < -0.4 is 5.73 Å². The van der Waals surface area contributed by atoms with Gasteiger partial charge >= 0.3 is 0 Å². The third kappa shape index (κ3) is 3.00. The Labute approximate surface area is 198 Å². The van der Waals surface area contributed by atoms with Crippen molar-refractivity contribution < 1.29 is 4.42 Å². The van der Waals surface area contributed by atoms with E-state index in [9.17, 15) is 0 Å². The largest absolute Gasteiger partial charge is 0.455 e. The fraction of sp³-hybridized carbons (Fsp3) is 0.0968. The lowest BCUT2D eigenvalue weighted by Crippen LogP contribution is -2.17. The maximum absolute atomic E-state index is 6.38. The summed E-state index contributed by atoms with van der Waals surface area (Å²) in [6.45, 7) is 1.96. The van der Waals surface area contributed by atoms with Gasteiger partial charge in [0, 0.05) is 39.3 Å². The number of nitrogens with two attached hydrogens (primary N) is 1. The predicted molar refractivity (Wildman–Crippen MR) is 142 cm³/mol. The third-order valence-electron chi connectivity index (χ3n) is 6.71. The Kier molecular flexibility index (Phi) is 4.67. The van der Waals surface area contributed by atoms with Gasteiger partial charge in [-0.25, -0.2) is 0 Å². The molecule has 3 aromatic carbocycles. The number of terminal acetylenes is 1. The maximum Gasteiger partial charge on any atom is 0.143 e. The molecular weight excluding hydrogens is 416 g/mol. The molecule has 0 saturated heterocycles. The summed E-state index contributed by atoms with van der Waals surface area (Å²) in [5.74, 6) is 3.51. The molecule has 6 rings (SSSR count). The number of para-hydroxylation sites is 2. The molecule has 2 heterocycles. The van der Waals surface area contributed by atoms with Crippen molar-refractivity contribution in [2.45, 2.75) is 19.4 Å². The summed E-state index contributed by atoms with van der Waals surface area (Å²) in [4.78, 5) is 0. The average molecular weight is 441 g/mol. The smallest absolute Gasteiger partial charge is 0.143 e.